The molecule has 1 atom stereocenters. The third-order valence-corrected chi connectivity index (χ3v) is 3.90. The average molecular weight is 380 g/mol. The van der Waals surface area contributed by atoms with Gasteiger partial charge in [-0.1, -0.05) is 12.1 Å². The third kappa shape index (κ3) is 6.97. The first-order valence-electron chi connectivity index (χ1n) is 8.68. The number of hydrogen-bond acceptors (Lipinski definition) is 6. The molecule has 0 spiro atoms. The van der Waals surface area contributed by atoms with E-state index in [0.29, 0.717) is 24.7 Å². The van der Waals surface area contributed by atoms with E-state index in [0.717, 1.165) is 19.4 Å². The van der Waals surface area contributed by atoms with E-state index in [-0.39, 0.29) is 30.0 Å². The highest BCUT2D eigenvalue weighted by atomic mass is 32.1. The van der Waals surface area contributed by atoms with Crippen molar-refractivity contribution >= 4 is 34.9 Å². The van der Waals surface area contributed by atoms with E-state index < -0.39 is 5.97 Å². The summed E-state index contributed by atoms with van der Waals surface area (Å²) in [6.45, 7) is 3.26. The fraction of sp³-hybridized carbons (Fsp3) is 0.500. The van der Waals surface area contributed by atoms with Crippen LogP contribution < -0.4 is 15.4 Å². The predicted molar refractivity (Wildman–Crippen MR) is 101 cm³/mol. The molecule has 0 saturated carbocycles. The standard InChI is InChI=1S/C18H24N2O5S/c1-2-23-17(22)10-9-16(21)20-18(26)19-14-7-3-4-8-15(14)25-12-13-6-5-11-24-13/h3-4,7-8,13H,2,5-6,9-12H2,1H3,(H2,19,20,21,26). The Labute approximate surface area is 158 Å². The van der Waals surface area contributed by atoms with Crippen LogP contribution in [0.5, 0.6) is 5.75 Å². The van der Waals surface area contributed by atoms with E-state index in [4.69, 9.17) is 26.4 Å². The van der Waals surface area contributed by atoms with Crippen molar-refractivity contribution in [2.75, 3.05) is 25.1 Å². The molecule has 1 aromatic carbocycles. The number of ether oxygens (including phenoxy) is 3. The summed E-state index contributed by atoms with van der Waals surface area (Å²) in [6, 6.07) is 7.33. The van der Waals surface area contributed by atoms with Gasteiger partial charge in [-0.05, 0) is 44.1 Å². The van der Waals surface area contributed by atoms with Gasteiger partial charge in [0.25, 0.3) is 0 Å². The molecular formula is C18H24N2O5S. The van der Waals surface area contributed by atoms with Crippen molar-refractivity contribution in [3.8, 4) is 5.75 Å². The summed E-state index contributed by atoms with van der Waals surface area (Å²) in [6.07, 6.45) is 2.18. The van der Waals surface area contributed by atoms with E-state index in [2.05, 4.69) is 10.6 Å². The van der Waals surface area contributed by atoms with Crippen molar-refractivity contribution < 1.29 is 23.8 Å². The van der Waals surface area contributed by atoms with Gasteiger partial charge >= 0.3 is 5.97 Å². The quantitative estimate of drug-likeness (QED) is 0.529. The lowest BCUT2D eigenvalue weighted by molar-refractivity contribution is -0.144. The Hall–Kier alpha value is -2.19. The summed E-state index contributed by atoms with van der Waals surface area (Å²) in [7, 11) is 0. The van der Waals surface area contributed by atoms with E-state index in [9.17, 15) is 9.59 Å². The lowest BCUT2D eigenvalue weighted by Gasteiger charge is -2.16. The molecule has 2 rings (SSSR count). The Morgan fingerprint density at radius 2 is 2.12 bits per heavy atom. The van der Waals surface area contributed by atoms with Crippen molar-refractivity contribution in [1.29, 1.82) is 0 Å². The van der Waals surface area contributed by atoms with Gasteiger partial charge in [-0.2, -0.15) is 0 Å². The fourth-order valence-electron chi connectivity index (χ4n) is 2.45. The summed E-state index contributed by atoms with van der Waals surface area (Å²) in [5.41, 5.74) is 0.654. The first-order valence-corrected chi connectivity index (χ1v) is 9.09. The number of nitrogens with one attached hydrogen (secondary N) is 2. The minimum Gasteiger partial charge on any atom is -0.489 e. The number of para-hydroxylation sites is 2. The number of thiocarbonyl (C=S) groups is 1. The van der Waals surface area contributed by atoms with E-state index in [1.54, 1.807) is 6.92 Å². The molecular weight excluding hydrogens is 356 g/mol. The van der Waals surface area contributed by atoms with Crippen LogP contribution in [0.1, 0.15) is 32.6 Å². The number of rotatable bonds is 8. The summed E-state index contributed by atoms with van der Waals surface area (Å²) >= 11 is 5.15. The van der Waals surface area contributed by atoms with Crippen LogP contribution in [-0.2, 0) is 19.1 Å². The molecule has 0 aromatic heterocycles. The molecule has 1 amide bonds. The smallest absolute Gasteiger partial charge is 0.306 e. The monoisotopic (exact) mass is 380 g/mol. The number of esters is 1. The molecule has 1 heterocycles. The van der Waals surface area contributed by atoms with Crippen molar-refractivity contribution in [1.82, 2.24) is 5.32 Å². The second kappa shape index (κ2) is 10.7. The van der Waals surface area contributed by atoms with Gasteiger partial charge in [-0.3, -0.25) is 9.59 Å². The molecule has 2 N–H and O–H groups in total. The largest absolute Gasteiger partial charge is 0.489 e. The lowest BCUT2D eigenvalue weighted by atomic mass is 10.2. The second-order valence-electron chi connectivity index (χ2n) is 5.75. The van der Waals surface area contributed by atoms with Crippen molar-refractivity contribution in [2.24, 2.45) is 0 Å². The van der Waals surface area contributed by atoms with Crippen LogP contribution >= 0.6 is 12.2 Å². The lowest BCUT2D eigenvalue weighted by Crippen LogP contribution is -2.34. The van der Waals surface area contributed by atoms with Crippen LogP contribution in [-0.4, -0.2) is 42.9 Å². The van der Waals surface area contributed by atoms with Gasteiger partial charge in [-0.15, -0.1) is 0 Å². The van der Waals surface area contributed by atoms with E-state index >= 15 is 0 Å². The van der Waals surface area contributed by atoms with Crippen LogP contribution in [0.2, 0.25) is 0 Å². The Kier molecular flexibility index (Phi) is 8.30. The van der Waals surface area contributed by atoms with Gasteiger partial charge in [0.05, 0.1) is 24.8 Å². The Morgan fingerprint density at radius 3 is 2.85 bits per heavy atom. The second-order valence-corrected chi connectivity index (χ2v) is 6.16. The molecule has 7 nitrogen and oxygen atoms in total. The molecule has 1 saturated heterocycles. The molecule has 0 aliphatic carbocycles. The topological polar surface area (TPSA) is 85.9 Å². The fourth-order valence-corrected chi connectivity index (χ4v) is 2.67. The van der Waals surface area contributed by atoms with Gasteiger partial charge in [0, 0.05) is 13.0 Å². The van der Waals surface area contributed by atoms with Gasteiger partial charge in [0.15, 0.2) is 5.11 Å². The van der Waals surface area contributed by atoms with Crippen molar-refractivity contribution in [2.45, 2.75) is 38.7 Å². The van der Waals surface area contributed by atoms with Crippen LogP contribution in [0.3, 0.4) is 0 Å². The maximum atomic E-state index is 11.8. The van der Waals surface area contributed by atoms with Crippen LogP contribution in [0.25, 0.3) is 0 Å². The van der Waals surface area contributed by atoms with Crippen LogP contribution in [0.4, 0.5) is 5.69 Å². The first kappa shape index (κ1) is 20.1. The number of carbonyl (C=O) groups excluding carboxylic acids is 2. The summed E-state index contributed by atoms with van der Waals surface area (Å²) in [5.74, 6) is -0.131. The van der Waals surface area contributed by atoms with Gasteiger partial charge in [-0.25, -0.2) is 0 Å². The number of carbonyl (C=O) groups is 2. The van der Waals surface area contributed by atoms with Gasteiger partial charge < -0.3 is 24.8 Å². The first-order chi connectivity index (χ1) is 12.6. The van der Waals surface area contributed by atoms with Crippen molar-refractivity contribution in [3.63, 3.8) is 0 Å². The minimum atomic E-state index is -0.408. The maximum Gasteiger partial charge on any atom is 0.306 e. The third-order valence-electron chi connectivity index (χ3n) is 3.70. The number of amides is 1. The molecule has 1 aliphatic heterocycles. The molecule has 1 unspecified atom stereocenters. The van der Waals surface area contributed by atoms with E-state index in [1.807, 2.05) is 24.3 Å². The average Bonchev–Trinajstić information content (AvgIpc) is 3.13. The molecule has 8 heteroatoms. The number of hydrogen-bond donors (Lipinski definition) is 2. The summed E-state index contributed by atoms with van der Waals surface area (Å²) < 4.78 is 16.1. The zero-order valence-electron chi connectivity index (χ0n) is 14.8. The zero-order valence-corrected chi connectivity index (χ0v) is 15.6. The highest BCUT2D eigenvalue weighted by Crippen LogP contribution is 2.25. The normalized spacial score (nSPS) is 16.0. The minimum absolute atomic E-state index is 0.0117. The summed E-state index contributed by atoms with van der Waals surface area (Å²) in [4.78, 5) is 23.1. The zero-order chi connectivity index (χ0) is 18.8. The van der Waals surface area contributed by atoms with Crippen molar-refractivity contribution in [3.05, 3.63) is 24.3 Å². The molecule has 142 valence electrons. The number of benzene rings is 1. The SMILES string of the molecule is CCOC(=O)CCC(=O)NC(=S)Nc1ccccc1OCC1CCCO1. The van der Waals surface area contributed by atoms with Gasteiger partial charge in [0.2, 0.25) is 5.91 Å². The van der Waals surface area contributed by atoms with E-state index in [1.165, 1.54) is 0 Å². The number of anilines is 1. The van der Waals surface area contributed by atoms with Crippen LogP contribution in [0.15, 0.2) is 24.3 Å². The molecule has 0 radical (unpaired) electrons. The highest BCUT2D eigenvalue weighted by molar-refractivity contribution is 7.80. The maximum absolute atomic E-state index is 11.8. The Morgan fingerprint density at radius 1 is 1.31 bits per heavy atom. The Balaban J connectivity index is 1.80. The van der Waals surface area contributed by atoms with Gasteiger partial charge in [0.1, 0.15) is 12.4 Å². The molecule has 1 fully saturated rings. The molecule has 26 heavy (non-hydrogen) atoms. The molecule has 1 aromatic rings. The summed E-state index contributed by atoms with van der Waals surface area (Å²) in [5, 5.41) is 5.64. The predicted octanol–water partition coefficient (Wildman–Crippen LogP) is 2.40. The van der Waals surface area contributed by atoms with Crippen LogP contribution in [0, 0.1) is 0 Å². The highest BCUT2D eigenvalue weighted by Gasteiger charge is 2.17. The Bertz CT molecular complexity index is 632. The molecule has 1 aliphatic rings. The molecule has 0 bridgehead atoms.